The zero-order chi connectivity index (χ0) is 19.2. The fraction of sp³-hybridized carbons (Fsp3) is 0.105. The number of rotatable bonds is 5. The number of hydrogen-bond donors (Lipinski definition) is 3. The monoisotopic (exact) mass is 362 g/mol. The van der Waals surface area contributed by atoms with Gasteiger partial charge in [0, 0.05) is 11.3 Å². The maximum Gasteiger partial charge on any atom is 0.274 e. The number of benzene rings is 2. The second-order valence-electron chi connectivity index (χ2n) is 5.90. The molecule has 0 spiro atoms. The van der Waals surface area contributed by atoms with Gasteiger partial charge in [0.15, 0.2) is 0 Å². The maximum atomic E-state index is 12.3. The number of hydrogen-bond acceptors (Lipinski definition) is 6. The molecule has 8 heteroatoms. The van der Waals surface area contributed by atoms with Crippen molar-refractivity contribution in [2.75, 3.05) is 10.7 Å². The molecular formula is C19H18N6O2. The zero-order valence-electron chi connectivity index (χ0n) is 14.9. The highest BCUT2D eigenvalue weighted by Gasteiger charge is 2.05. The Morgan fingerprint density at radius 2 is 1.89 bits per heavy atom. The summed E-state index contributed by atoms with van der Waals surface area (Å²) in [5, 5.41) is 14.3. The molecule has 0 unspecified atom stereocenters. The summed E-state index contributed by atoms with van der Waals surface area (Å²) < 4.78 is 0. The lowest BCUT2D eigenvalue weighted by atomic mass is 10.1. The van der Waals surface area contributed by atoms with Crippen LogP contribution in [0.4, 0.5) is 11.6 Å². The van der Waals surface area contributed by atoms with Gasteiger partial charge in [0.1, 0.15) is 5.69 Å². The zero-order valence-corrected chi connectivity index (χ0v) is 14.9. The van der Waals surface area contributed by atoms with E-state index in [1.54, 1.807) is 43.5 Å². The van der Waals surface area contributed by atoms with E-state index in [0.717, 1.165) is 11.1 Å². The Bertz CT molecular complexity index is 1040. The van der Waals surface area contributed by atoms with Crippen LogP contribution in [0.3, 0.4) is 0 Å². The van der Waals surface area contributed by atoms with Crippen molar-refractivity contribution in [3.05, 3.63) is 81.3 Å². The first-order chi connectivity index (χ1) is 13.0. The molecule has 8 nitrogen and oxygen atoms in total. The Labute approximate surface area is 155 Å². The van der Waals surface area contributed by atoms with E-state index in [2.05, 4.69) is 31.0 Å². The van der Waals surface area contributed by atoms with Gasteiger partial charge in [0.2, 0.25) is 5.95 Å². The topological polar surface area (TPSA) is 112 Å². The van der Waals surface area contributed by atoms with E-state index in [1.807, 2.05) is 25.1 Å². The van der Waals surface area contributed by atoms with Crippen molar-refractivity contribution in [1.29, 1.82) is 0 Å². The molecule has 0 bridgehead atoms. The molecule has 1 aromatic heterocycles. The van der Waals surface area contributed by atoms with Gasteiger partial charge in [-0.3, -0.25) is 14.6 Å². The minimum atomic E-state index is -0.330. The van der Waals surface area contributed by atoms with E-state index in [9.17, 15) is 9.59 Å². The van der Waals surface area contributed by atoms with Crippen molar-refractivity contribution in [2.24, 2.45) is 5.10 Å². The van der Waals surface area contributed by atoms with E-state index >= 15 is 0 Å². The Morgan fingerprint density at radius 1 is 1.11 bits per heavy atom. The molecule has 3 aromatic rings. The van der Waals surface area contributed by atoms with Crippen molar-refractivity contribution in [3.8, 4) is 0 Å². The number of amides is 1. The summed E-state index contributed by atoms with van der Waals surface area (Å²) in [6.07, 6.45) is 1.54. The van der Waals surface area contributed by atoms with E-state index in [4.69, 9.17) is 0 Å². The Hall–Kier alpha value is -3.81. The van der Waals surface area contributed by atoms with Crippen LogP contribution in [-0.2, 0) is 0 Å². The lowest BCUT2D eigenvalue weighted by molar-refractivity contribution is 0.102. The lowest BCUT2D eigenvalue weighted by Crippen LogP contribution is -2.15. The lowest BCUT2D eigenvalue weighted by Gasteiger charge is -2.06. The maximum absolute atomic E-state index is 12.3. The summed E-state index contributed by atoms with van der Waals surface area (Å²) in [6, 6.07) is 14.5. The average Bonchev–Trinajstić information content (AvgIpc) is 2.65. The highest BCUT2D eigenvalue weighted by atomic mass is 16.1. The predicted octanol–water partition coefficient (Wildman–Crippen LogP) is 2.48. The van der Waals surface area contributed by atoms with Crippen LogP contribution in [0.1, 0.15) is 27.2 Å². The summed E-state index contributed by atoms with van der Waals surface area (Å²) in [7, 11) is 0. The third kappa shape index (κ3) is 4.85. The molecule has 0 aliphatic heterocycles. The number of hydrazone groups is 1. The summed E-state index contributed by atoms with van der Waals surface area (Å²) in [6.45, 7) is 3.53. The predicted molar refractivity (Wildman–Crippen MR) is 104 cm³/mol. The first kappa shape index (κ1) is 18.0. The van der Waals surface area contributed by atoms with Crippen molar-refractivity contribution < 1.29 is 4.79 Å². The number of H-pyrrole nitrogens is 1. The van der Waals surface area contributed by atoms with Crippen molar-refractivity contribution in [2.45, 2.75) is 13.8 Å². The number of aryl methyl sites for hydroxylation is 2. The number of nitrogens with one attached hydrogen (secondary N) is 3. The molecule has 0 atom stereocenters. The standard InChI is InChI=1S/C19H18N6O2/c1-12-6-8-15(9-7-12)18(27)21-16-5-3-4-14(10-16)11-20-24-19-22-17(26)13(2)23-25-19/h3-11H,1-2H3,(H,21,27)(H2,22,24,25,26)/b20-11+. The molecule has 1 amide bonds. The Morgan fingerprint density at radius 3 is 2.63 bits per heavy atom. The highest BCUT2D eigenvalue weighted by molar-refractivity contribution is 6.04. The van der Waals surface area contributed by atoms with Crippen molar-refractivity contribution in [3.63, 3.8) is 0 Å². The molecular weight excluding hydrogens is 344 g/mol. The van der Waals surface area contributed by atoms with Gasteiger partial charge in [0.25, 0.3) is 11.5 Å². The largest absolute Gasteiger partial charge is 0.322 e. The average molecular weight is 362 g/mol. The summed E-state index contributed by atoms with van der Waals surface area (Å²) in [5.41, 5.74) is 5.64. The molecule has 136 valence electrons. The van der Waals surface area contributed by atoms with Crippen molar-refractivity contribution >= 4 is 23.8 Å². The molecule has 0 aliphatic carbocycles. The number of anilines is 2. The van der Waals surface area contributed by atoms with Gasteiger partial charge in [0.05, 0.1) is 6.21 Å². The van der Waals surface area contributed by atoms with Crippen LogP contribution >= 0.6 is 0 Å². The molecule has 0 radical (unpaired) electrons. The van der Waals surface area contributed by atoms with Crippen LogP contribution in [0.15, 0.2) is 58.4 Å². The fourth-order valence-electron chi connectivity index (χ4n) is 2.22. The molecule has 0 saturated heterocycles. The first-order valence-corrected chi connectivity index (χ1v) is 8.22. The van der Waals surface area contributed by atoms with Gasteiger partial charge < -0.3 is 5.32 Å². The second-order valence-corrected chi connectivity index (χ2v) is 5.90. The first-order valence-electron chi connectivity index (χ1n) is 8.22. The van der Waals surface area contributed by atoms with Gasteiger partial charge in [-0.25, -0.2) is 5.43 Å². The number of nitrogens with zero attached hydrogens (tertiary/aromatic N) is 3. The summed E-state index contributed by atoms with van der Waals surface area (Å²) >= 11 is 0. The van der Waals surface area contributed by atoms with Crippen LogP contribution in [0, 0.1) is 13.8 Å². The minimum absolute atomic E-state index is 0.144. The highest BCUT2D eigenvalue weighted by Crippen LogP contribution is 2.12. The molecule has 1 heterocycles. The molecule has 2 aromatic carbocycles. The van der Waals surface area contributed by atoms with E-state index in [1.165, 1.54) is 0 Å². The SMILES string of the molecule is Cc1ccc(C(=O)Nc2cccc(/C=N/Nc3nnc(C)c(=O)[nH]3)c2)cc1. The molecule has 0 saturated carbocycles. The van der Waals surface area contributed by atoms with E-state index in [-0.39, 0.29) is 23.1 Å². The van der Waals surface area contributed by atoms with Crippen LogP contribution in [0.2, 0.25) is 0 Å². The third-order valence-corrected chi connectivity index (χ3v) is 3.70. The molecule has 0 aliphatic rings. The van der Waals surface area contributed by atoms with Crippen molar-refractivity contribution in [1.82, 2.24) is 15.2 Å². The number of aromatic amines is 1. The van der Waals surface area contributed by atoms with E-state index in [0.29, 0.717) is 11.3 Å². The third-order valence-electron chi connectivity index (χ3n) is 3.70. The summed E-state index contributed by atoms with van der Waals surface area (Å²) in [4.78, 5) is 26.3. The number of aromatic nitrogens is 3. The van der Waals surface area contributed by atoms with Gasteiger partial charge in [-0.05, 0) is 43.7 Å². The van der Waals surface area contributed by atoms with E-state index < -0.39 is 0 Å². The van der Waals surface area contributed by atoms with Gasteiger partial charge in [-0.2, -0.15) is 5.10 Å². The summed E-state index contributed by atoms with van der Waals surface area (Å²) in [5.74, 6) is -0.0413. The number of carbonyl (C=O) groups excluding carboxylic acids is 1. The normalized spacial score (nSPS) is 10.7. The van der Waals surface area contributed by atoms with Crippen LogP contribution < -0.4 is 16.3 Å². The smallest absolute Gasteiger partial charge is 0.274 e. The molecule has 0 fully saturated rings. The molecule has 3 N–H and O–H groups in total. The van der Waals surface area contributed by atoms with Gasteiger partial charge in [-0.1, -0.05) is 29.8 Å². The van der Waals surface area contributed by atoms with Crippen LogP contribution in [0.5, 0.6) is 0 Å². The fourth-order valence-corrected chi connectivity index (χ4v) is 2.22. The van der Waals surface area contributed by atoms with Crippen LogP contribution in [0.25, 0.3) is 0 Å². The van der Waals surface area contributed by atoms with Crippen LogP contribution in [-0.4, -0.2) is 27.3 Å². The van der Waals surface area contributed by atoms with Gasteiger partial charge in [-0.15, -0.1) is 10.2 Å². The number of carbonyl (C=O) groups is 1. The quantitative estimate of drug-likeness (QED) is 0.477. The molecule has 3 rings (SSSR count). The minimum Gasteiger partial charge on any atom is -0.322 e. The Balaban J connectivity index is 1.66. The Kier molecular flexibility index (Phi) is 5.36. The van der Waals surface area contributed by atoms with Gasteiger partial charge >= 0.3 is 0 Å². The molecule has 27 heavy (non-hydrogen) atoms. The second kappa shape index (κ2) is 8.05.